The van der Waals surface area contributed by atoms with Crippen molar-refractivity contribution in [1.82, 2.24) is 14.8 Å². The molecule has 0 aliphatic rings. The summed E-state index contributed by atoms with van der Waals surface area (Å²) in [6.45, 7) is 1.83. The Hall–Kier alpha value is -2.61. The monoisotopic (exact) mass is 324 g/mol. The summed E-state index contributed by atoms with van der Waals surface area (Å²) < 4.78 is 11.0. The fraction of sp³-hybridized carbons (Fsp3) is 0.231. The Kier molecular flexibility index (Phi) is 4.95. The molecular weight excluding hydrogens is 312 g/mol. The highest BCUT2D eigenvalue weighted by molar-refractivity contribution is 6.30. The molecule has 2 heterocycles. The number of pyridine rings is 1. The molecule has 2 rings (SSSR count). The maximum absolute atomic E-state index is 12.1. The Bertz CT molecular complexity index is 684. The summed E-state index contributed by atoms with van der Waals surface area (Å²) in [5.41, 5.74) is 0.150. The maximum atomic E-state index is 12.1. The minimum atomic E-state index is -0.879. The van der Waals surface area contributed by atoms with E-state index in [1.807, 2.05) is 0 Å². The highest BCUT2D eigenvalue weighted by atomic mass is 35.5. The van der Waals surface area contributed by atoms with Crippen molar-refractivity contribution < 1.29 is 19.1 Å². The van der Waals surface area contributed by atoms with Crippen molar-refractivity contribution in [2.45, 2.75) is 6.92 Å². The summed E-state index contributed by atoms with van der Waals surface area (Å²) in [4.78, 5) is 27.3. The third-order valence-corrected chi connectivity index (χ3v) is 2.67. The van der Waals surface area contributed by atoms with E-state index in [0.29, 0.717) is 5.02 Å². The second kappa shape index (κ2) is 6.90. The van der Waals surface area contributed by atoms with Gasteiger partial charge in [-0.25, -0.2) is 9.78 Å². The molecule has 116 valence electrons. The van der Waals surface area contributed by atoms with Crippen LogP contribution in [0.2, 0.25) is 5.02 Å². The maximum Gasteiger partial charge on any atom is 0.514 e. The van der Waals surface area contributed by atoms with E-state index in [2.05, 4.69) is 20.1 Å². The van der Waals surface area contributed by atoms with Gasteiger partial charge in [-0.1, -0.05) is 11.6 Å². The van der Waals surface area contributed by atoms with Gasteiger partial charge in [-0.15, -0.1) is 0 Å². The minimum absolute atomic E-state index is 0.0725. The van der Waals surface area contributed by atoms with Gasteiger partial charge in [0, 0.05) is 13.2 Å². The lowest BCUT2D eigenvalue weighted by Crippen LogP contribution is -2.16. The first kappa shape index (κ1) is 15.8. The molecule has 0 aliphatic carbocycles. The summed E-state index contributed by atoms with van der Waals surface area (Å²) in [6.07, 6.45) is 1.91. The van der Waals surface area contributed by atoms with Crippen molar-refractivity contribution in [2.24, 2.45) is 7.05 Å². The summed E-state index contributed by atoms with van der Waals surface area (Å²) in [7, 11) is 1.62. The molecule has 2 aromatic heterocycles. The first-order valence-corrected chi connectivity index (χ1v) is 6.68. The number of hydrogen-bond acceptors (Lipinski definition) is 6. The number of hydrogen-bond donors (Lipinski definition) is 1. The van der Waals surface area contributed by atoms with E-state index in [9.17, 15) is 9.59 Å². The molecule has 0 saturated carbocycles. The number of halogens is 1. The first-order valence-electron chi connectivity index (χ1n) is 6.30. The molecule has 2 aromatic rings. The highest BCUT2D eigenvalue weighted by Crippen LogP contribution is 2.23. The molecule has 0 aromatic carbocycles. The smallest absolute Gasteiger partial charge is 0.434 e. The van der Waals surface area contributed by atoms with Crippen LogP contribution in [0.25, 0.3) is 0 Å². The number of carbonyl (C=O) groups excluding carboxylic acids is 2. The molecule has 0 bridgehead atoms. The van der Waals surface area contributed by atoms with Gasteiger partial charge >= 0.3 is 6.16 Å². The first-order chi connectivity index (χ1) is 10.5. The van der Waals surface area contributed by atoms with Crippen LogP contribution in [0.1, 0.15) is 17.4 Å². The number of anilines is 1. The Morgan fingerprint density at radius 1 is 1.41 bits per heavy atom. The molecule has 0 spiro atoms. The van der Waals surface area contributed by atoms with Gasteiger partial charge in [0.2, 0.25) is 0 Å². The second-order valence-corrected chi connectivity index (χ2v) is 4.55. The zero-order chi connectivity index (χ0) is 16.1. The molecule has 9 heteroatoms. The van der Waals surface area contributed by atoms with Crippen LogP contribution in [-0.4, -0.2) is 33.4 Å². The van der Waals surface area contributed by atoms with Gasteiger partial charge in [0.1, 0.15) is 5.69 Å². The van der Waals surface area contributed by atoms with Crippen molar-refractivity contribution in [2.75, 3.05) is 11.9 Å². The van der Waals surface area contributed by atoms with E-state index in [1.54, 1.807) is 14.0 Å². The molecule has 1 N–H and O–H groups in total. The zero-order valence-corrected chi connectivity index (χ0v) is 12.6. The predicted molar refractivity (Wildman–Crippen MR) is 78.1 cm³/mol. The van der Waals surface area contributed by atoms with Crippen molar-refractivity contribution in [1.29, 1.82) is 0 Å². The van der Waals surface area contributed by atoms with Gasteiger partial charge in [-0.05, 0) is 19.1 Å². The average Bonchev–Trinajstić information content (AvgIpc) is 2.79. The van der Waals surface area contributed by atoms with Crippen molar-refractivity contribution in [3.05, 3.63) is 35.2 Å². The third kappa shape index (κ3) is 3.95. The van der Waals surface area contributed by atoms with Crippen LogP contribution in [0.5, 0.6) is 5.75 Å². The minimum Gasteiger partial charge on any atom is -0.434 e. The predicted octanol–water partition coefficient (Wildman–Crippen LogP) is 2.26. The lowest BCUT2D eigenvalue weighted by atomic mass is 10.3. The van der Waals surface area contributed by atoms with Gasteiger partial charge < -0.3 is 14.8 Å². The fourth-order valence-electron chi connectivity index (χ4n) is 1.55. The Balaban J connectivity index is 2.13. The van der Waals surface area contributed by atoms with E-state index in [0.717, 1.165) is 0 Å². The number of ether oxygens (including phenoxy) is 2. The quantitative estimate of drug-likeness (QED) is 0.867. The molecular formula is C13H13ClN4O4. The van der Waals surface area contributed by atoms with Gasteiger partial charge in [0.05, 0.1) is 17.8 Å². The van der Waals surface area contributed by atoms with Crippen LogP contribution < -0.4 is 10.1 Å². The normalized spacial score (nSPS) is 10.1. The molecule has 22 heavy (non-hydrogen) atoms. The molecule has 1 amide bonds. The number of nitrogens with one attached hydrogen (secondary N) is 1. The van der Waals surface area contributed by atoms with Crippen LogP contribution >= 0.6 is 11.6 Å². The fourth-order valence-corrected chi connectivity index (χ4v) is 1.66. The van der Waals surface area contributed by atoms with Crippen LogP contribution in [-0.2, 0) is 11.8 Å². The van der Waals surface area contributed by atoms with Gasteiger partial charge in [-0.2, -0.15) is 5.10 Å². The molecule has 0 atom stereocenters. The van der Waals surface area contributed by atoms with E-state index in [-0.39, 0.29) is 23.9 Å². The van der Waals surface area contributed by atoms with Crippen LogP contribution in [0, 0.1) is 0 Å². The summed E-state index contributed by atoms with van der Waals surface area (Å²) in [5.74, 6) is -0.357. The zero-order valence-electron chi connectivity index (χ0n) is 11.9. The molecule has 8 nitrogen and oxygen atoms in total. The number of rotatable bonds is 4. The standard InChI is InChI=1S/C13H13ClN4O4/c1-3-21-13(20)22-10-7-18(2)17-11(10)16-12(19)9-5-4-8(14)6-15-9/h4-7H,3H2,1-2H3,(H,16,17,19). The van der Waals surface area contributed by atoms with E-state index in [1.165, 1.54) is 29.2 Å². The molecule has 0 aliphatic heterocycles. The molecule has 0 radical (unpaired) electrons. The third-order valence-electron chi connectivity index (χ3n) is 2.44. The summed E-state index contributed by atoms with van der Waals surface area (Å²) in [6, 6.07) is 3.00. The van der Waals surface area contributed by atoms with E-state index < -0.39 is 12.1 Å². The molecule has 0 fully saturated rings. The van der Waals surface area contributed by atoms with Crippen molar-refractivity contribution in [3.8, 4) is 5.75 Å². The summed E-state index contributed by atoms with van der Waals surface area (Å²) >= 11 is 5.71. The Labute approximate surface area is 131 Å². The van der Waals surface area contributed by atoms with Gasteiger partial charge in [0.25, 0.3) is 5.91 Å². The topological polar surface area (TPSA) is 95.3 Å². The summed E-state index contributed by atoms with van der Waals surface area (Å²) in [5, 5.41) is 6.93. The van der Waals surface area contributed by atoms with Crippen LogP contribution in [0.4, 0.5) is 10.6 Å². The molecule has 0 saturated heterocycles. The number of aromatic nitrogens is 3. The average molecular weight is 325 g/mol. The lowest BCUT2D eigenvalue weighted by Gasteiger charge is -2.05. The van der Waals surface area contributed by atoms with Crippen molar-refractivity contribution >= 4 is 29.5 Å². The SMILES string of the molecule is CCOC(=O)Oc1cn(C)nc1NC(=O)c1ccc(Cl)cn1. The second-order valence-electron chi connectivity index (χ2n) is 4.12. The van der Waals surface area contributed by atoms with Crippen molar-refractivity contribution in [3.63, 3.8) is 0 Å². The lowest BCUT2D eigenvalue weighted by molar-refractivity contribution is 0.100. The van der Waals surface area contributed by atoms with E-state index >= 15 is 0 Å². The number of nitrogens with zero attached hydrogens (tertiary/aromatic N) is 3. The number of amides is 1. The van der Waals surface area contributed by atoms with E-state index in [4.69, 9.17) is 16.3 Å². The Morgan fingerprint density at radius 3 is 2.82 bits per heavy atom. The number of carbonyl (C=O) groups is 2. The van der Waals surface area contributed by atoms with Crippen LogP contribution in [0.3, 0.4) is 0 Å². The highest BCUT2D eigenvalue weighted by Gasteiger charge is 2.17. The van der Waals surface area contributed by atoms with Gasteiger partial charge in [0.15, 0.2) is 11.6 Å². The largest absolute Gasteiger partial charge is 0.514 e. The van der Waals surface area contributed by atoms with Gasteiger partial charge in [-0.3, -0.25) is 9.48 Å². The van der Waals surface area contributed by atoms with Crippen LogP contribution in [0.15, 0.2) is 24.5 Å². The molecule has 0 unspecified atom stereocenters. The number of aryl methyl sites for hydroxylation is 1. The Morgan fingerprint density at radius 2 is 2.18 bits per heavy atom.